The van der Waals surface area contributed by atoms with Crippen LogP contribution in [0, 0.1) is 0 Å². The maximum atomic E-state index is 11.2. The van der Waals surface area contributed by atoms with E-state index in [0.717, 1.165) is 0 Å². The number of aromatic nitrogens is 2. The van der Waals surface area contributed by atoms with Crippen LogP contribution in [0.3, 0.4) is 0 Å². The standard InChI is InChI=1S/C13H14ClN3O3/c1-20-6-5-17-8-9(7-15-17)16-11-4-2-3-10(14)12(11)13(18)19/h2-4,7-8,16H,5-6H2,1H3,(H,18,19). The molecule has 0 unspecified atom stereocenters. The summed E-state index contributed by atoms with van der Waals surface area (Å²) >= 11 is 5.91. The van der Waals surface area contributed by atoms with E-state index in [0.29, 0.717) is 24.5 Å². The van der Waals surface area contributed by atoms with Gasteiger partial charge < -0.3 is 15.2 Å². The first-order valence-electron chi connectivity index (χ1n) is 5.92. The molecule has 0 atom stereocenters. The second kappa shape index (κ2) is 6.40. The fourth-order valence-electron chi connectivity index (χ4n) is 1.74. The topological polar surface area (TPSA) is 76.4 Å². The van der Waals surface area contributed by atoms with Gasteiger partial charge in [0.1, 0.15) is 5.56 Å². The van der Waals surface area contributed by atoms with Crippen LogP contribution in [-0.2, 0) is 11.3 Å². The molecule has 1 aromatic carbocycles. The number of halogens is 1. The fourth-order valence-corrected chi connectivity index (χ4v) is 1.99. The summed E-state index contributed by atoms with van der Waals surface area (Å²) in [5, 5.41) is 16.5. The van der Waals surface area contributed by atoms with Crippen LogP contribution >= 0.6 is 11.6 Å². The van der Waals surface area contributed by atoms with Crippen LogP contribution in [0.15, 0.2) is 30.6 Å². The maximum Gasteiger partial charge on any atom is 0.339 e. The Kier molecular flexibility index (Phi) is 4.60. The van der Waals surface area contributed by atoms with Crippen molar-refractivity contribution in [3.8, 4) is 0 Å². The predicted octanol–water partition coefficient (Wildman–Crippen LogP) is 2.62. The summed E-state index contributed by atoms with van der Waals surface area (Å²) in [6.45, 7) is 1.18. The van der Waals surface area contributed by atoms with Gasteiger partial charge >= 0.3 is 5.97 Å². The number of carbonyl (C=O) groups is 1. The van der Waals surface area contributed by atoms with E-state index >= 15 is 0 Å². The Bertz CT molecular complexity index is 613. The van der Waals surface area contributed by atoms with Crippen molar-refractivity contribution in [2.75, 3.05) is 19.0 Å². The van der Waals surface area contributed by atoms with Gasteiger partial charge in [-0.15, -0.1) is 0 Å². The van der Waals surface area contributed by atoms with Crippen LogP contribution in [0.1, 0.15) is 10.4 Å². The van der Waals surface area contributed by atoms with Crippen molar-refractivity contribution in [3.63, 3.8) is 0 Å². The van der Waals surface area contributed by atoms with E-state index in [2.05, 4.69) is 10.4 Å². The zero-order valence-corrected chi connectivity index (χ0v) is 11.6. The highest BCUT2D eigenvalue weighted by atomic mass is 35.5. The highest BCUT2D eigenvalue weighted by molar-refractivity contribution is 6.34. The zero-order chi connectivity index (χ0) is 14.5. The number of hydrogen-bond donors (Lipinski definition) is 2. The molecule has 0 saturated heterocycles. The molecule has 0 bridgehead atoms. The number of nitrogens with zero attached hydrogens (tertiary/aromatic N) is 2. The van der Waals surface area contributed by atoms with Crippen molar-refractivity contribution in [1.29, 1.82) is 0 Å². The summed E-state index contributed by atoms with van der Waals surface area (Å²) in [6.07, 6.45) is 3.38. The van der Waals surface area contributed by atoms with Gasteiger partial charge in [0.2, 0.25) is 0 Å². The van der Waals surface area contributed by atoms with Gasteiger partial charge in [0.15, 0.2) is 0 Å². The number of methoxy groups -OCH3 is 1. The minimum absolute atomic E-state index is 0.0406. The second-order valence-electron chi connectivity index (χ2n) is 4.08. The molecule has 7 heteroatoms. The van der Waals surface area contributed by atoms with Crippen LogP contribution in [0.25, 0.3) is 0 Å². The van der Waals surface area contributed by atoms with E-state index in [4.69, 9.17) is 16.3 Å². The van der Waals surface area contributed by atoms with Crippen LogP contribution in [0.5, 0.6) is 0 Å². The molecule has 0 spiro atoms. The van der Waals surface area contributed by atoms with Gasteiger partial charge in [-0.05, 0) is 12.1 Å². The van der Waals surface area contributed by atoms with E-state index in [9.17, 15) is 9.90 Å². The molecule has 20 heavy (non-hydrogen) atoms. The monoisotopic (exact) mass is 295 g/mol. The van der Waals surface area contributed by atoms with Gasteiger partial charge in [-0.3, -0.25) is 4.68 Å². The number of rotatable bonds is 6. The third-order valence-corrected chi connectivity index (χ3v) is 2.98. The Morgan fingerprint density at radius 2 is 2.35 bits per heavy atom. The quantitative estimate of drug-likeness (QED) is 0.857. The van der Waals surface area contributed by atoms with Crippen molar-refractivity contribution in [3.05, 3.63) is 41.2 Å². The van der Waals surface area contributed by atoms with Crippen molar-refractivity contribution in [2.24, 2.45) is 0 Å². The Balaban J connectivity index is 2.20. The Morgan fingerprint density at radius 3 is 3.05 bits per heavy atom. The van der Waals surface area contributed by atoms with Crippen LogP contribution in [0.4, 0.5) is 11.4 Å². The highest BCUT2D eigenvalue weighted by Crippen LogP contribution is 2.27. The molecule has 0 saturated carbocycles. The number of aromatic carboxylic acids is 1. The molecule has 1 heterocycles. The third-order valence-electron chi connectivity index (χ3n) is 2.66. The number of benzene rings is 1. The minimum Gasteiger partial charge on any atom is -0.478 e. The average Bonchev–Trinajstić information content (AvgIpc) is 2.83. The maximum absolute atomic E-state index is 11.2. The van der Waals surface area contributed by atoms with E-state index in [-0.39, 0.29) is 10.6 Å². The van der Waals surface area contributed by atoms with Gasteiger partial charge in [0, 0.05) is 13.3 Å². The number of hydrogen-bond acceptors (Lipinski definition) is 4. The van der Waals surface area contributed by atoms with Gasteiger partial charge in [0.25, 0.3) is 0 Å². The molecule has 2 rings (SSSR count). The van der Waals surface area contributed by atoms with Crippen LogP contribution in [-0.4, -0.2) is 34.6 Å². The summed E-state index contributed by atoms with van der Waals surface area (Å²) in [7, 11) is 1.62. The van der Waals surface area contributed by atoms with Gasteiger partial charge in [-0.2, -0.15) is 5.10 Å². The molecule has 106 valence electrons. The predicted molar refractivity (Wildman–Crippen MR) is 75.8 cm³/mol. The van der Waals surface area contributed by atoms with Crippen molar-refractivity contribution in [1.82, 2.24) is 9.78 Å². The molecule has 0 fully saturated rings. The molecular formula is C13H14ClN3O3. The third kappa shape index (κ3) is 3.28. The van der Waals surface area contributed by atoms with E-state index in [1.54, 1.807) is 36.3 Å². The minimum atomic E-state index is -1.08. The first-order valence-corrected chi connectivity index (χ1v) is 6.30. The SMILES string of the molecule is COCCn1cc(Nc2cccc(Cl)c2C(=O)O)cn1. The first-order chi connectivity index (χ1) is 9.61. The summed E-state index contributed by atoms with van der Waals surface area (Å²) in [6, 6.07) is 4.88. The molecule has 0 aliphatic carbocycles. The molecule has 0 amide bonds. The fraction of sp³-hybridized carbons (Fsp3) is 0.231. The highest BCUT2D eigenvalue weighted by Gasteiger charge is 2.14. The molecule has 1 aromatic heterocycles. The number of ether oxygens (including phenoxy) is 1. The summed E-state index contributed by atoms with van der Waals surface area (Å²) in [4.78, 5) is 11.2. The zero-order valence-electron chi connectivity index (χ0n) is 10.8. The Hall–Kier alpha value is -2.05. The smallest absolute Gasteiger partial charge is 0.339 e. The Labute approximate surface area is 120 Å². The van der Waals surface area contributed by atoms with Crippen LogP contribution < -0.4 is 5.32 Å². The van der Waals surface area contributed by atoms with E-state index in [1.165, 1.54) is 6.07 Å². The molecule has 2 N–H and O–H groups in total. The average molecular weight is 296 g/mol. The molecule has 0 aliphatic rings. The normalized spacial score (nSPS) is 10.5. The molecule has 6 nitrogen and oxygen atoms in total. The second-order valence-corrected chi connectivity index (χ2v) is 4.48. The van der Waals surface area contributed by atoms with Crippen molar-refractivity contribution < 1.29 is 14.6 Å². The summed E-state index contributed by atoms with van der Waals surface area (Å²) < 4.78 is 6.67. The first kappa shape index (κ1) is 14.4. The van der Waals surface area contributed by atoms with Gasteiger partial charge in [-0.25, -0.2) is 4.79 Å². The number of carboxylic acid groups (broad SMARTS) is 1. The summed E-state index contributed by atoms with van der Waals surface area (Å²) in [5.74, 6) is -1.08. The van der Waals surface area contributed by atoms with E-state index in [1.807, 2.05) is 0 Å². The Morgan fingerprint density at radius 1 is 1.55 bits per heavy atom. The van der Waals surface area contributed by atoms with Gasteiger partial charge in [-0.1, -0.05) is 17.7 Å². The molecular weight excluding hydrogens is 282 g/mol. The largest absolute Gasteiger partial charge is 0.478 e. The molecule has 2 aromatic rings. The number of carboxylic acids is 1. The van der Waals surface area contributed by atoms with Gasteiger partial charge in [0.05, 0.1) is 35.7 Å². The summed E-state index contributed by atoms with van der Waals surface area (Å²) in [5.41, 5.74) is 1.15. The lowest BCUT2D eigenvalue weighted by Gasteiger charge is -2.08. The lowest BCUT2D eigenvalue weighted by molar-refractivity contribution is 0.0698. The number of nitrogens with one attached hydrogen (secondary N) is 1. The number of anilines is 2. The van der Waals surface area contributed by atoms with Crippen LogP contribution in [0.2, 0.25) is 5.02 Å². The van der Waals surface area contributed by atoms with E-state index < -0.39 is 5.97 Å². The lowest BCUT2D eigenvalue weighted by Crippen LogP contribution is -2.04. The lowest BCUT2D eigenvalue weighted by atomic mass is 10.1. The van der Waals surface area contributed by atoms with Crippen molar-refractivity contribution in [2.45, 2.75) is 6.54 Å². The molecule has 0 aliphatic heterocycles. The molecule has 0 radical (unpaired) electrons. The van der Waals surface area contributed by atoms with Crippen molar-refractivity contribution >= 4 is 28.9 Å².